The Kier molecular flexibility index (Phi) is 4.16. The van der Waals surface area contributed by atoms with Crippen LogP contribution in [0.5, 0.6) is 5.75 Å². The number of carbonyl (C=O) groups is 2. The Labute approximate surface area is 113 Å². The summed E-state index contributed by atoms with van der Waals surface area (Å²) in [7, 11) is 0. The summed E-state index contributed by atoms with van der Waals surface area (Å²) in [6.07, 6.45) is -2.20. The number of halogens is 2. The van der Waals surface area contributed by atoms with E-state index in [0.717, 1.165) is 0 Å². The zero-order chi connectivity index (χ0) is 14.7. The largest absolute Gasteiger partial charge is 0.488 e. The fourth-order valence-corrected chi connectivity index (χ4v) is 1.79. The highest BCUT2D eigenvalue weighted by molar-refractivity contribution is 5.98. The molecule has 0 radical (unpaired) electrons. The summed E-state index contributed by atoms with van der Waals surface area (Å²) in [6, 6.07) is 5.94. The zero-order valence-electron chi connectivity index (χ0n) is 10.4. The lowest BCUT2D eigenvalue weighted by atomic mass is 10.2. The summed E-state index contributed by atoms with van der Waals surface area (Å²) in [5.74, 6) is -2.15. The van der Waals surface area contributed by atoms with Crippen LogP contribution in [0.15, 0.2) is 24.3 Å². The average Bonchev–Trinajstić information content (AvgIpc) is 3.18. The molecule has 0 aliphatic heterocycles. The van der Waals surface area contributed by atoms with E-state index in [9.17, 15) is 18.4 Å². The van der Waals surface area contributed by atoms with Crippen LogP contribution in [0, 0.1) is 11.8 Å². The van der Waals surface area contributed by atoms with Crippen molar-refractivity contribution >= 4 is 17.6 Å². The fraction of sp³-hybridized carbons (Fsp3) is 0.385. The van der Waals surface area contributed by atoms with Gasteiger partial charge in [0.2, 0.25) is 5.91 Å². The summed E-state index contributed by atoms with van der Waals surface area (Å²) >= 11 is 0. The standard InChI is InChI=1S/C13H13F2NO4/c14-11(15)6-20-8-3-1-7(2-4-8)16-12(17)9-5-10(9)13(18)19/h1-4,9-11H,5-6H2,(H,16,17)(H,18,19)/t9-,10-/m1/s1. The molecule has 2 atom stereocenters. The summed E-state index contributed by atoms with van der Waals surface area (Å²) in [5.41, 5.74) is 0.468. The maximum Gasteiger partial charge on any atom is 0.307 e. The maximum absolute atomic E-state index is 11.9. The van der Waals surface area contributed by atoms with E-state index in [1.807, 2.05) is 0 Å². The Morgan fingerprint density at radius 2 is 1.95 bits per heavy atom. The van der Waals surface area contributed by atoms with Crippen molar-refractivity contribution in [3.05, 3.63) is 24.3 Å². The first kappa shape index (κ1) is 14.2. The molecule has 5 nitrogen and oxygen atoms in total. The van der Waals surface area contributed by atoms with Gasteiger partial charge in [-0.2, -0.15) is 0 Å². The Bertz CT molecular complexity index is 504. The minimum absolute atomic E-state index is 0.276. The van der Waals surface area contributed by atoms with Crippen LogP contribution < -0.4 is 10.1 Å². The molecule has 2 rings (SSSR count). The number of carboxylic acids is 1. The minimum Gasteiger partial charge on any atom is -0.488 e. The van der Waals surface area contributed by atoms with E-state index in [1.165, 1.54) is 24.3 Å². The molecule has 2 N–H and O–H groups in total. The highest BCUT2D eigenvalue weighted by Gasteiger charge is 2.48. The smallest absolute Gasteiger partial charge is 0.307 e. The summed E-state index contributed by atoms with van der Waals surface area (Å²) in [6.45, 7) is -0.686. The van der Waals surface area contributed by atoms with Crippen LogP contribution in [0.4, 0.5) is 14.5 Å². The molecule has 1 aliphatic rings. The topological polar surface area (TPSA) is 75.6 Å². The van der Waals surface area contributed by atoms with Crippen molar-refractivity contribution in [1.29, 1.82) is 0 Å². The fourth-order valence-electron chi connectivity index (χ4n) is 1.79. The molecule has 1 amide bonds. The number of alkyl halides is 2. The number of nitrogens with one attached hydrogen (secondary N) is 1. The molecule has 7 heteroatoms. The predicted molar refractivity (Wildman–Crippen MR) is 65.8 cm³/mol. The monoisotopic (exact) mass is 285 g/mol. The second-order valence-corrected chi connectivity index (χ2v) is 4.50. The Balaban J connectivity index is 1.85. The van der Waals surface area contributed by atoms with Gasteiger partial charge in [-0.15, -0.1) is 0 Å². The van der Waals surface area contributed by atoms with Crippen molar-refractivity contribution in [2.45, 2.75) is 12.8 Å². The van der Waals surface area contributed by atoms with Gasteiger partial charge in [-0.1, -0.05) is 0 Å². The second kappa shape index (κ2) is 5.85. The highest BCUT2D eigenvalue weighted by atomic mass is 19.3. The minimum atomic E-state index is -2.54. The number of ether oxygens (including phenoxy) is 1. The van der Waals surface area contributed by atoms with E-state index in [2.05, 4.69) is 5.32 Å². The van der Waals surface area contributed by atoms with E-state index in [1.54, 1.807) is 0 Å². The van der Waals surface area contributed by atoms with E-state index in [-0.39, 0.29) is 11.7 Å². The van der Waals surface area contributed by atoms with Gasteiger partial charge in [-0.25, -0.2) is 8.78 Å². The molecule has 1 fully saturated rings. The van der Waals surface area contributed by atoms with Crippen LogP contribution in [-0.4, -0.2) is 30.0 Å². The molecule has 0 saturated heterocycles. The van der Waals surface area contributed by atoms with Gasteiger partial charge in [0.15, 0.2) is 0 Å². The molecule has 108 valence electrons. The average molecular weight is 285 g/mol. The van der Waals surface area contributed by atoms with Crippen molar-refractivity contribution in [2.75, 3.05) is 11.9 Å². The van der Waals surface area contributed by atoms with Crippen LogP contribution in [0.2, 0.25) is 0 Å². The molecule has 1 aliphatic carbocycles. The lowest BCUT2D eigenvalue weighted by molar-refractivity contribution is -0.139. The molecular weight excluding hydrogens is 272 g/mol. The van der Waals surface area contributed by atoms with Crippen molar-refractivity contribution in [1.82, 2.24) is 0 Å². The lowest BCUT2D eigenvalue weighted by Crippen LogP contribution is -2.16. The quantitative estimate of drug-likeness (QED) is 0.838. The Hall–Kier alpha value is -2.18. The zero-order valence-corrected chi connectivity index (χ0v) is 10.4. The van der Waals surface area contributed by atoms with Crippen LogP contribution in [-0.2, 0) is 9.59 Å². The molecule has 0 unspecified atom stereocenters. The van der Waals surface area contributed by atoms with Gasteiger partial charge < -0.3 is 15.2 Å². The number of hydrogen-bond donors (Lipinski definition) is 2. The number of aliphatic carboxylic acids is 1. The normalized spacial score (nSPS) is 20.6. The van der Waals surface area contributed by atoms with Gasteiger partial charge in [0.05, 0.1) is 11.8 Å². The van der Waals surface area contributed by atoms with Gasteiger partial charge in [0.1, 0.15) is 12.4 Å². The van der Waals surface area contributed by atoms with Crippen molar-refractivity contribution in [2.24, 2.45) is 11.8 Å². The van der Waals surface area contributed by atoms with E-state index >= 15 is 0 Å². The Morgan fingerprint density at radius 3 is 2.45 bits per heavy atom. The SMILES string of the molecule is O=C(O)[C@@H]1C[C@H]1C(=O)Nc1ccc(OCC(F)F)cc1. The van der Waals surface area contributed by atoms with Crippen LogP contribution >= 0.6 is 0 Å². The number of hydrogen-bond acceptors (Lipinski definition) is 3. The molecule has 20 heavy (non-hydrogen) atoms. The first-order chi connectivity index (χ1) is 9.47. The Morgan fingerprint density at radius 1 is 1.30 bits per heavy atom. The first-order valence-electron chi connectivity index (χ1n) is 6.02. The van der Waals surface area contributed by atoms with E-state index < -0.39 is 30.8 Å². The summed E-state index contributed by atoms with van der Waals surface area (Å²) < 4.78 is 28.7. The van der Waals surface area contributed by atoms with Crippen LogP contribution in [0.3, 0.4) is 0 Å². The van der Waals surface area contributed by atoms with Gasteiger partial charge in [-0.05, 0) is 30.7 Å². The molecule has 0 heterocycles. The van der Waals surface area contributed by atoms with Gasteiger partial charge in [-0.3, -0.25) is 9.59 Å². The predicted octanol–water partition coefficient (Wildman–Crippen LogP) is 1.99. The number of carbonyl (C=O) groups excluding carboxylic acids is 1. The lowest BCUT2D eigenvalue weighted by Gasteiger charge is -2.07. The molecule has 0 spiro atoms. The highest BCUT2D eigenvalue weighted by Crippen LogP contribution is 2.39. The third-order valence-electron chi connectivity index (χ3n) is 2.94. The van der Waals surface area contributed by atoms with Crippen molar-refractivity contribution < 1.29 is 28.2 Å². The van der Waals surface area contributed by atoms with Crippen LogP contribution in [0.1, 0.15) is 6.42 Å². The van der Waals surface area contributed by atoms with Crippen LogP contribution in [0.25, 0.3) is 0 Å². The van der Waals surface area contributed by atoms with Crippen molar-refractivity contribution in [3.8, 4) is 5.75 Å². The van der Waals surface area contributed by atoms with Gasteiger partial charge >= 0.3 is 5.97 Å². The second-order valence-electron chi connectivity index (χ2n) is 4.50. The summed E-state index contributed by atoms with van der Waals surface area (Å²) in [5, 5.41) is 11.3. The number of benzene rings is 1. The number of rotatable bonds is 6. The number of amides is 1. The van der Waals surface area contributed by atoms with E-state index in [4.69, 9.17) is 9.84 Å². The third-order valence-corrected chi connectivity index (χ3v) is 2.94. The number of carboxylic acid groups (broad SMARTS) is 1. The van der Waals surface area contributed by atoms with Gasteiger partial charge in [0.25, 0.3) is 6.43 Å². The first-order valence-corrected chi connectivity index (χ1v) is 6.02. The van der Waals surface area contributed by atoms with Crippen molar-refractivity contribution in [3.63, 3.8) is 0 Å². The molecule has 1 aromatic rings. The molecular formula is C13H13F2NO4. The third kappa shape index (κ3) is 3.66. The number of anilines is 1. The van der Waals surface area contributed by atoms with E-state index in [0.29, 0.717) is 12.1 Å². The molecule has 1 saturated carbocycles. The summed E-state index contributed by atoms with van der Waals surface area (Å²) in [4.78, 5) is 22.3. The maximum atomic E-state index is 11.9. The molecule has 1 aromatic carbocycles. The molecule has 0 aromatic heterocycles. The van der Waals surface area contributed by atoms with Gasteiger partial charge in [0, 0.05) is 5.69 Å². The molecule has 0 bridgehead atoms.